The lowest BCUT2D eigenvalue weighted by Gasteiger charge is -2.22. The molecule has 0 N–H and O–H groups in total. The summed E-state index contributed by atoms with van der Waals surface area (Å²) in [6.07, 6.45) is 1.73. The van der Waals surface area contributed by atoms with Crippen molar-refractivity contribution in [2.75, 3.05) is 7.11 Å². The van der Waals surface area contributed by atoms with Crippen molar-refractivity contribution in [2.24, 2.45) is 0 Å². The number of hydrogen-bond donors (Lipinski definition) is 0. The first-order chi connectivity index (χ1) is 11.4. The van der Waals surface area contributed by atoms with Crippen molar-refractivity contribution in [2.45, 2.75) is 30.3 Å². The van der Waals surface area contributed by atoms with E-state index in [-0.39, 0.29) is 16.5 Å². The van der Waals surface area contributed by atoms with E-state index in [9.17, 15) is 13.2 Å². The van der Waals surface area contributed by atoms with E-state index in [1.807, 2.05) is 16.8 Å². The number of carbonyl (C=O) groups is 1. The first-order valence-corrected chi connectivity index (χ1v) is 10.5. The van der Waals surface area contributed by atoms with Crippen LogP contribution in [0.15, 0.2) is 44.4 Å². The maximum atomic E-state index is 13.1. The molecule has 5 nitrogen and oxygen atoms in total. The van der Waals surface area contributed by atoms with Gasteiger partial charge in [0.15, 0.2) is 0 Å². The second-order valence-corrected chi connectivity index (χ2v) is 9.07. The summed E-state index contributed by atoms with van der Waals surface area (Å²) in [5.41, 5.74) is 1.17. The SMILES string of the molecule is COC(=O)c1cc(S(=O)(=O)N(Cc2ccsc2)C2CC2)ccc1Br. The molecule has 1 fully saturated rings. The van der Waals surface area contributed by atoms with Gasteiger partial charge in [-0.25, -0.2) is 13.2 Å². The zero-order valence-electron chi connectivity index (χ0n) is 12.9. The van der Waals surface area contributed by atoms with Crippen LogP contribution in [0.25, 0.3) is 0 Å². The maximum absolute atomic E-state index is 13.1. The number of benzene rings is 1. The van der Waals surface area contributed by atoms with Gasteiger partial charge in [-0.2, -0.15) is 15.6 Å². The fourth-order valence-corrected chi connectivity index (χ4v) is 5.17. The number of methoxy groups -OCH3 is 1. The van der Waals surface area contributed by atoms with E-state index in [1.54, 1.807) is 17.4 Å². The summed E-state index contributed by atoms with van der Waals surface area (Å²) in [6, 6.07) is 6.40. The van der Waals surface area contributed by atoms with E-state index in [0.29, 0.717) is 11.0 Å². The van der Waals surface area contributed by atoms with Crippen LogP contribution in [0.2, 0.25) is 0 Å². The zero-order chi connectivity index (χ0) is 17.3. The summed E-state index contributed by atoms with van der Waals surface area (Å²) in [4.78, 5) is 11.9. The van der Waals surface area contributed by atoms with Gasteiger partial charge in [0.05, 0.1) is 17.6 Å². The highest BCUT2D eigenvalue weighted by Gasteiger charge is 2.38. The monoisotopic (exact) mass is 429 g/mol. The Hall–Kier alpha value is -1.22. The van der Waals surface area contributed by atoms with Gasteiger partial charge in [-0.1, -0.05) is 0 Å². The van der Waals surface area contributed by atoms with E-state index in [1.165, 1.54) is 23.5 Å². The number of rotatable bonds is 6. The third kappa shape index (κ3) is 3.56. The summed E-state index contributed by atoms with van der Waals surface area (Å²) in [7, 11) is -2.42. The molecule has 0 spiro atoms. The largest absolute Gasteiger partial charge is 0.465 e. The lowest BCUT2D eigenvalue weighted by molar-refractivity contribution is 0.0599. The number of esters is 1. The number of thiophene rings is 1. The summed E-state index contributed by atoms with van der Waals surface area (Å²) in [6.45, 7) is 0.347. The molecule has 2 aromatic rings. The van der Waals surface area contributed by atoms with Crippen molar-refractivity contribution in [3.63, 3.8) is 0 Å². The minimum absolute atomic E-state index is 0.0279. The number of halogens is 1. The molecule has 24 heavy (non-hydrogen) atoms. The third-order valence-electron chi connectivity index (χ3n) is 3.82. The van der Waals surface area contributed by atoms with Crippen LogP contribution < -0.4 is 0 Å². The molecule has 0 atom stereocenters. The van der Waals surface area contributed by atoms with Crippen LogP contribution in [-0.4, -0.2) is 31.8 Å². The molecule has 0 bridgehead atoms. The average molecular weight is 430 g/mol. The Morgan fingerprint density at radius 1 is 1.38 bits per heavy atom. The lowest BCUT2D eigenvalue weighted by Crippen LogP contribution is -2.32. The van der Waals surface area contributed by atoms with Gasteiger partial charge < -0.3 is 4.74 Å². The van der Waals surface area contributed by atoms with Crippen molar-refractivity contribution < 1.29 is 17.9 Å². The van der Waals surface area contributed by atoms with Crippen molar-refractivity contribution in [3.05, 3.63) is 50.6 Å². The molecule has 1 saturated carbocycles. The van der Waals surface area contributed by atoms with Gasteiger partial charge in [0.2, 0.25) is 10.0 Å². The molecular weight excluding hydrogens is 414 g/mol. The number of nitrogens with zero attached hydrogens (tertiary/aromatic N) is 1. The van der Waals surface area contributed by atoms with Gasteiger partial charge in [-0.05, 0) is 69.4 Å². The quantitative estimate of drug-likeness (QED) is 0.657. The third-order valence-corrected chi connectivity index (χ3v) is 7.14. The van der Waals surface area contributed by atoms with Crippen molar-refractivity contribution >= 4 is 43.3 Å². The van der Waals surface area contributed by atoms with Crippen LogP contribution in [0.5, 0.6) is 0 Å². The van der Waals surface area contributed by atoms with Gasteiger partial charge in [0.25, 0.3) is 0 Å². The predicted molar refractivity (Wildman–Crippen MR) is 95.6 cm³/mol. The Morgan fingerprint density at radius 3 is 2.71 bits per heavy atom. The van der Waals surface area contributed by atoms with Gasteiger partial charge in [0.1, 0.15) is 0 Å². The molecule has 0 radical (unpaired) electrons. The smallest absolute Gasteiger partial charge is 0.339 e. The molecule has 0 aliphatic heterocycles. The molecule has 0 saturated heterocycles. The molecule has 128 valence electrons. The molecule has 0 amide bonds. The van der Waals surface area contributed by atoms with Gasteiger partial charge in [-0.3, -0.25) is 0 Å². The molecule has 0 unspecified atom stereocenters. The number of hydrogen-bond acceptors (Lipinski definition) is 5. The Bertz CT molecular complexity index is 845. The minimum Gasteiger partial charge on any atom is -0.465 e. The van der Waals surface area contributed by atoms with E-state index >= 15 is 0 Å². The van der Waals surface area contributed by atoms with Gasteiger partial charge in [0, 0.05) is 17.1 Å². The van der Waals surface area contributed by atoms with Crippen molar-refractivity contribution in [1.29, 1.82) is 0 Å². The van der Waals surface area contributed by atoms with E-state index in [2.05, 4.69) is 15.9 Å². The molecule has 3 rings (SSSR count). The first kappa shape index (κ1) is 17.6. The fraction of sp³-hybridized carbons (Fsp3) is 0.312. The zero-order valence-corrected chi connectivity index (χ0v) is 16.2. The minimum atomic E-state index is -3.69. The topological polar surface area (TPSA) is 63.7 Å². The first-order valence-electron chi connectivity index (χ1n) is 7.34. The number of sulfonamides is 1. The van der Waals surface area contributed by atoms with Crippen molar-refractivity contribution in [1.82, 2.24) is 4.31 Å². The molecule has 1 heterocycles. The Morgan fingerprint density at radius 2 is 2.12 bits per heavy atom. The Kier molecular flexibility index (Phi) is 5.10. The normalized spacial score (nSPS) is 14.8. The number of ether oxygens (including phenoxy) is 1. The molecule has 8 heteroatoms. The average Bonchev–Trinajstić information content (AvgIpc) is 3.27. The Labute approximate surface area is 153 Å². The second-order valence-electron chi connectivity index (χ2n) is 5.55. The summed E-state index contributed by atoms with van der Waals surface area (Å²) >= 11 is 4.80. The molecule has 1 aliphatic carbocycles. The Balaban J connectivity index is 1.97. The molecule has 1 aliphatic rings. The number of carbonyl (C=O) groups excluding carboxylic acids is 1. The maximum Gasteiger partial charge on any atom is 0.339 e. The summed E-state index contributed by atoms with van der Waals surface area (Å²) in [5.74, 6) is -0.574. The van der Waals surface area contributed by atoms with Crippen LogP contribution in [0.1, 0.15) is 28.8 Å². The van der Waals surface area contributed by atoms with Gasteiger partial charge in [-0.15, -0.1) is 0 Å². The lowest BCUT2D eigenvalue weighted by atomic mass is 10.2. The summed E-state index contributed by atoms with van der Waals surface area (Å²) in [5, 5.41) is 3.88. The van der Waals surface area contributed by atoms with Gasteiger partial charge >= 0.3 is 5.97 Å². The fourth-order valence-electron chi connectivity index (χ4n) is 2.40. The highest BCUT2D eigenvalue weighted by Crippen LogP contribution is 2.34. The second kappa shape index (κ2) is 6.95. The van der Waals surface area contributed by atoms with E-state index in [0.717, 1.165) is 18.4 Å². The van der Waals surface area contributed by atoms with Crippen LogP contribution in [0, 0.1) is 0 Å². The highest BCUT2D eigenvalue weighted by molar-refractivity contribution is 9.10. The van der Waals surface area contributed by atoms with Crippen LogP contribution in [0.4, 0.5) is 0 Å². The summed E-state index contributed by atoms with van der Waals surface area (Å²) < 4.78 is 32.9. The van der Waals surface area contributed by atoms with Crippen LogP contribution in [-0.2, 0) is 21.3 Å². The molecule has 1 aromatic heterocycles. The standard InChI is InChI=1S/C16H16BrNO4S2/c1-22-16(19)14-8-13(4-5-15(14)17)24(20,21)18(12-2-3-12)9-11-6-7-23-10-11/h4-8,10,12H,2-3,9H2,1H3. The van der Waals surface area contributed by atoms with Crippen molar-refractivity contribution in [3.8, 4) is 0 Å². The van der Waals surface area contributed by atoms with E-state index < -0.39 is 16.0 Å². The molecule has 1 aromatic carbocycles. The highest BCUT2D eigenvalue weighted by atomic mass is 79.9. The predicted octanol–water partition coefficient (Wildman–Crippen LogP) is 3.65. The molecular formula is C16H16BrNO4S2. The van der Waals surface area contributed by atoms with E-state index in [4.69, 9.17) is 4.74 Å². The van der Waals surface area contributed by atoms with Crippen LogP contribution >= 0.6 is 27.3 Å². The van der Waals surface area contributed by atoms with Crippen LogP contribution in [0.3, 0.4) is 0 Å².